The second kappa shape index (κ2) is 8.54. The molecule has 9 heteroatoms. The Balaban J connectivity index is 1.47. The molecule has 32 heavy (non-hydrogen) atoms. The summed E-state index contributed by atoms with van der Waals surface area (Å²) in [4.78, 5) is 24.7. The Labute approximate surface area is 184 Å². The van der Waals surface area contributed by atoms with Gasteiger partial charge in [-0.2, -0.15) is 14.0 Å². The highest BCUT2D eigenvalue weighted by Crippen LogP contribution is 2.38. The van der Waals surface area contributed by atoms with E-state index in [-0.39, 0.29) is 23.4 Å². The molecule has 2 bridgehead atoms. The summed E-state index contributed by atoms with van der Waals surface area (Å²) in [6.07, 6.45) is 6.38. The fourth-order valence-corrected chi connectivity index (χ4v) is 4.46. The molecule has 0 aliphatic carbocycles. The van der Waals surface area contributed by atoms with Crippen molar-refractivity contribution in [3.8, 4) is 11.8 Å². The first-order valence-electron chi connectivity index (χ1n) is 10.3. The summed E-state index contributed by atoms with van der Waals surface area (Å²) in [5.41, 5.74) is 0.145. The van der Waals surface area contributed by atoms with Gasteiger partial charge in [-0.3, -0.25) is 9.78 Å². The van der Waals surface area contributed by atoms with Gasteiger partial charge >= 0.3 is 0 Å². The van der Waals surface area contributed by atoms with E-state index in [4.69, 9.17) is 10.00 Å². The number of alkyl halides is 2. The summed E-state index contributed by atoms with van der Waals surface area (Å²) in [6, 6.07) is 6.88. The number of amides is 1. The fourth-order valence-electron chi connectivity index (χ4n) is 4.46. The zero-order valence-corrected chi connectivity index (χ0v) is 17.8. The molecule has 2 aliphatic rings. The molecule has 3 atom stereocenters. The fraction of sp³-hybridized carbons (Fsp3) is 0.391. The van der Waals surface area contributed by atoms with E-state index in [1.54, 1.807) is 11.0 Å². The van der Waals surface area contributed by atoms with Crippen LogP contribution in [0.4, 0.5) is 14.6 Å². The third kappa shape index (κ3) is 4.13. The van der Waals surface area contributed by atoms with Crippen LogP contribution in [0.1, 0.15) is 24.5 Å². The summed E-state index contributed by atoms with van der Waals surface area (Å²) in [5.74, 6) is -2.49. The quantitative estimate of drug-likeness (QED) is 0.666. The third-order valence-corrected chi connectivity index (χ3v) is 6.11. The number of likely N-dealkylation sites (tertiary alicyclic amines) is 1. The van der Waals surface area contributed by atoms with Crippen molar-refractivity contribution < 1.29 is 18.3 Å². The first-order valence-corrected chi connectivity index (χ1v) is 10.3. The highest BCUT2D eigenvalue weighted by molar-refractivity contribution is 5.88. The van der Waals surface area contributed by atoms with Gasteiger partial charge in [-0.25, -0.2) is 4.98 Å². The maximum absolute atomic E-state index is 14.6. The van der Waals surface area contributed by atoms with Crippen LogP contribution in [-0.2, 0) is 10.7 Å². The van der Waals surface area contributed by atoms with Crippen molar-refractivity contribution >= 4 is 11.7 Å². The average Bonchev–Trinajstić information content (AvgIpc) is 3.01. The smallest absolute Gasteiger partial charge is 0.293 e. The van der Waals surface area contributed by atoms with E-state index in [1.807, 2.05) is 6.07 Å². The van der Waals surface area contributed by atoms with E-state index >= 15 is 0 Å². The van der Waals surface area contributed by atoms with Crippen LogP contribution in [0.25, 0.3) is 0 Å². The Morgan fingerprint density at radius 3 is 2.78 bits per heavy atom. The summed E-state index contributed by atoms with van der Waals surface area (Å²) in [7, 11) is 1.38. The van der Waals surface area contributed by atoms with E-state index in [0.717, 1.165) is 24.5 Å². The monoisotopic (exact) mass is 439 g/mol. The van der Waals surface area contributed by atoms with E-state index in [1.165, 1.54) is 25.6 Å². The van der Waals surface area contributed by atoms with Gasteiger partial charge in [-0.05, 0) is 36.6 Å². The van der Waals surface area contributed by atoms with Gasteiger partial charge in [0.2, 0.25) is 5.91 Å². The Bertz CT molecular complexity index is 1070. The summed E-state index contributed by atoms with van der Waals surface area (Å²) >= 11 is 0. The van der Waals surface area contributed by atoms with Gasteiger partial charge in [0.1, 0.15) is 17.6 Å². The molecule has 4 heterocycles. The number of carbonyl (C=O) groups excluding carboxylic acids is 1. The minimum Gasteiger partial charge on any atom is -0.495 e. The number of hydrogen-bond acceptors (Lipinski definition) is 6. The van der Waals surface area contributed by atoms with E-state index in [2.05, 4.69) is 27.9 Å². The number of rotatable bonds is 5. The Hall–Kier alpha value is -3.54. The first-order chi connectivity index (χ1) is 15.3. The highest BCUT2D eigenvalue weighted by atomic mass is 19.3. The molecule has 2 fully saturated rings. The van der Waals surface area contributed by atoms with E-state index in [9.17, 15) is 13.6 Å². The van der Waals surface area contributed by atoms with Crippen LogP contribution in [0.5, 0.6) is 5.75 Å². The predicted molar refractivity (Wildman–Crippen MR) is 113 cm³/mol. The number of nitriles is 1. The molecule has 2 unspecified atom stereocenters. The van der Waals surface area contributed by atoms with Crippen molar-refractivity contribution in [1.82, 2.24) is 14.9 Å². The average molecular weight is 439 g/mol. The Morgan fingerprint density at radius 1 is 1.31 bits per heavy atom. The topological polar surface area (TPSA) is 82.4 Å². The lowest BCUT2D eigenvalue weighted by Crippen LogP contribution is -2.56. The molecule has 1 amide bonds. The largest absolute Gasteiger partial charge is 0.495 e. The number of pyridine rings is 2. The van der Waals surface area contributed by atoms with Gasteiger partial charge in [-0.15, -0.1) is 0 Å². The second-order valence-corrected chi connectivity index (χ2v) is 8.17. The van der Waals surface area contributed by atoms with Gasteiger partial charge in [0.05, 0.1) is 24.9 Å². The number of allylic oxidation sites excluding steroid dienone is 1. The lowest BCUT2D eigenvalue weighted by molar-refractivity contribution is -0.127. The molecule has 4 rings (SSSR count). The van der Waals surface area contributed by atoms with Gasteiger partial charge in [0.15, 0.2) is 0 Å². The number of fused-ring (bicyclic) bond motifs is 2. The maximum Gasteiger partial charge on any atom is 0.293 e. The molecule has 0 radical (unpaired) electrons. The highest BCUT2D eigenvalue weighted by Gasteiger charge is 2.45. The van der Waals surface area contributed by atoms with Crippen molar-refractivity contribution in [2.24, 2.45) is 5.92 Å². The van der Waals surface area contributed by atoms with Crippen molar-refractivity contribution in [2.75, 3.05) is 25.1 Å². The van der Waals surface area contributed by atoms with Gasteiger partial charge in [0.25, 0.3) is 5.92 Å². The molecule has 0 saturated carbocycles. The van der Waals surface area contributed by atoms with Crippen LogP contribution in [0, 0.1) is 17.2 Å². The number of aromatic nitrogens is 2. The molecule has 0 aromatic carbocycles. The molecule has 2 aromatic rings. The maximum atomic E-state index is 14.6. The lowest BCUT2D eigenvalue weighted by atomic mass is 10.0. The zero-order chi connectivity index (χ0) is 22.9. The van der Waals surface area contributed by atoms with Crippen LogP contribution >= 0.6 is 0 Å². The molecule has 2 aromatic heterocycles. The third-order valence-electron chi connectivity index (χ3n) is 6.11. The molecule has 2 saturated heterocycles. The minimum absolute atomic E-state index is 0.0367. The van der Waals surface area contributed by atoms with Crippen LogP contribution in [0.2, 0.25) is 0 Å². The van der Waals surface area contributed by atoms with Crippen molar-refractivity contribution in [2.45, 2.75) is 31.4 Å². The standard InChI is InChI=1S/C23H23F2N5O2/c1-15-7-18-13-29(14-20(15)30(18)21-4-3-16(9-26)10-28-21)22(31)5-6-23(24,25)17-8-19(32-2)12-27-11-17/h3-6,8,10-12,15,18,20H,7,13-14H2,1-2H3/b6-5+/t15-,18?,20?/m0/s1. The molecule has 0 N–H and O–H groups in total. The number of ether oxygens (including phenoxy) is 1. The van der Waals surface area contributed by atoms with Gasteiger partial charge in [0, 0.05) is 43.2 Å². The van der Waals surface area contributed by atoms with Crippen LogP contribution < -0.4 is 9.64 Å². The van der Waals surface area contributed by atoms with Gasteiger partial charge in [-0.1, -0.05) is 6.92 Å². The number of methoxy groups -OCH3 is 1. The van der Waals surface area contributed by atoms with Crippen molar-refractivity contribution in [1.29, 1.82) is 5.26 Å². The normalized spacial score (nSPS) is 22.8. The SMILES string of the molecule is COc1cncc(C(F)(F)/C=C/C(=O)N2CC3C[C@H](C)C(C2)N3c2ccc(C#N)cn2)c1. The number of piperazine rings is 1. The molecule has 166 valence electrons. The number of nitrogens with zero attached hydrogens (tertiary/aromatic N) is 5. The molecule has 2 aliphatic heterocycles. The molecular weight excluding hydrogens is 416 g/mol. The van der Waals surface area contributed by atoms with E-state index in [0.29, 0.717) is 30.6 Å². The van der Waals surface area contributed by atoms with Crippen LogP contribution in [-0.4, -0.2) is 53.1 Å². The summed E-state index contributed by atoms with van der Waals surface area (Å²) in [6.45, 7) is 2.97. The summed E-state index contributed by atoms with van der Waals surface area (Å²) in [5, 5.41) is 8.98. The second-order valence-electron chi connectivity index (χ2n) is 8.17. The number of carbonyl (C=O) groups is 1. The first kappa shape index (κ1) is 21.7. The molecular formula is C23H23F2N5O2. The number of hydrogen-bond donors (Lipinski definition) is 0. The van der Waals surface area contributed by atoms with Crippen molar-refractivity contribution in [3.05, 3.63) is 60.1 Å². The van der Waals surface area contributed by atoms with Crippen LogP contribution in [0.3, 0.4) is 0 Å². The molecule has 7 nitrogen and oxygen atoms in total. The molecule has 0 spiro atoms. The number of anilines is 1. The van der Waals surface area contributed by atoms with Crippen molar-refractivity contribution in [3.63, 3.8) is 0 Å². The van der Waals surface area contributed by atoms with Crippen LogP contribution in [0.15, 0.2) is 48.9 Å². The number of halogens is 2. The van der Waals surface area contributed by atoms with Gasteiger partial charge < -0.3 is 14.5 Å². The summed E-state index contributed by atoms with van der Waals surface area (Å²) < 4.78 is 34.1. The minimum atomic E-state index is -3.35. The lowest BCUT2D eigenvalue weighted by Gasteiger charge is -2.42. The van der Waals surface area contributed by atoms with E-state index < -0.39 is 11.8 Å². The zero-order valence-electron chi connectivity index (χ0n) is 17.8. The Morgan fingerprint density at radius 2 is 2.12 bits per heavy atom. The predicted octanol–water partition coefficient (Wildman–Crippen LogP) is 3.13. The Kier molecular flexibility index (Phi) is 5.78.